The highest BCUT2D eigenvalue weighted by Crippen LogP contribution is 2.19. The second kappa shape index (κ2) is 8.96. The van der Waals surface area contributed by atoms with Crippen molar-refractivity contribution in [2.75, 3.05) is 18.4 Å². The molecule has 0 aliphatic carbocycles. The summed E-state index contributed by atoms with van der Waals surface area (Å²) in [6.45, 7) is 4.79. The van der Waals surface area contributed by atoms with Gasteiger partial charge in [-0.15, -0.1) is 0 Å². The monoisotopic (exact) mass is 434 g/mol. The average molecular weight is 434 g/mol. The van der Waals surface area contributed by atoms with E-state index in [9.17, 15) is 9.18 Å². The molecular formula is C22H23FN8O. The molecule has 1 aromatic carbocycles. The minimum atomic E-state index is -0.318. The quantitative estimate of drug-likeness (QED) is 0.434. The molecular weight excluding hydrogens is 411 g/mol. The Morgan fingerprint density at radius 3 is 2.56 bits per heavy atom. The fourth-order valence-electron chi connectivity index (χ4n) is 3.20. The molecule has 0 aliphatic rings. The van der Waals surface area contributed by atoms with E-state index in [1.807, 2.05) is 24.5 Å². The van der Waals surface area contributed by atoms with E-state index in [-0.39, 0.29) is 11.7 Å². The number of rotatable bonds is 7. The van der Waals surface area contributed by atoms with Crippen molar-refractivity contribution in [3.63, 3.8) is 0 Å². The highest BCUT2D eigenvalue weighted by atomic mass is 19.1. The third-order valence-corrected chi connectivity index (χ3v) is 5.12. The summed E-state index contributed by atoms with van der Waals surface area (Å²) in [6.07, 6.45) is 3.21. The predicted octanol–water partition coefficient (Wildman–Crippen LogP) is 2.66. The minimum absolute atomic E-state index is 0.247. The van der Waals surface area contributed by atoms with Gasteiger partial charge in [0.1, 0.15) is 35.8 Å². The van der Waals surface area contributed by atoms with Crippen molar-refractivity contribution < 1.29 is 9.18 Å². The lowest BCUT2D eigenvalue weighted by Gasteiger charge is -2.09. The van der Waals surface area contributed by atoms with Crippen LogP contribution in [-0.2, 0) is 7.05 Å². The van der Waals surface area contributed by atoms with E-state index >= 15 is 0 Å². The van der Waals surface area contributed by atoms with E-state index in [1.54, 1.807) is 31.6 Å². The smallest absolute Gasteiger partial charge is 0.269 e. The van der Waals surface area contributed by atoms with Crippen molar-refractivity contribution in [3.8, 4) is 17.1 Å². The molecule has 0 fully saturated rings. The van der Waals surface area contributed by atoms with Crippen LogP contribution in [0.5, 0.6) is 0 Å². The number of amides is 1. The molecule has 4 aromatic rings. The Kier molecular flexibility index (Phi) is 5.93. The van der Waals surface area contributed by atoms with Crippen LogP contribution in [0.2, 0.25) is 0 Å². The molecule has 4 rings (SSSR count). The first-order valence-electron chi connectivity index (χ1n) is 10.1. The Labute approximate surface area is 184 Å². The van der Waals surface area contributed by atoms with E-state index in [0.717, 1.165) is 17.0 Å². The Balaban J connectivity index is 1.33. The van der Waals surface area contributed by atoms with Gasteiger partial charge in [0.05, 0.1) is 11.4 Å². The molecule has 0 saturated carbocycles. The van der Waals surface area contributed by atoms with Gasteiger partial charge in [0.15, 0.2) is 0 Å². The van der Waals surface area contributed by atoms with Gasteiger partial charge in [-0.1, -0.05) is 0 Å². The van der Waals surface area contributed by atoms with E-state index < -0.39 is 0 Å². The maximum Gasteiger partial charge on any atom is 0.269 e. The third kappa shape index (κ3) is 4.48. The van der Waals surface area contributed by atoms with E-state index in [4.69, 9.17) is 0 Å². The Hall–Kier alpha value is -4.08. The van der Waals surface area contributed by atoms with Crippen LogP contribution in [0.4, 0.5) is 10.2 Å². The standard InChI is InChI=1S/C22H23FN8O/c1-14-15(2)31(13-28-14)21-11-20(26-12-27-21)24-8-9-25-22(32)19-10-18(29-30(19)3)16-4-6-17(23)7-5-16/h4-7,10-13H,8-9H2,1-3H3,(H,25,32)(H,24,26,27). The molecule has 2 N–H and O–H groups in total. The van der Waals surface area contributed by atoms with Crippen LogP contribution in [0.25, 0.3) is 17.1 Å². The number of benzene rings is 1. The topological polar surface area (TPSA) is 103 Å². The average Bonchev–Trinajstić information content (AvgIpc) is 3.34. The molecule has 0 spiro atoms. The van der Waals surface area contributed by atoms with Crippen molar-refractivity contribution in [3.05, 3.63) is 72.0 Å². The van der Waals surface area contributed by atoms with Crippen LogP contribution in [0, 0.1) is 19.7 Å². The molecule has 164 valence electrons. The number of carbonyl (C=O) groups is 1. The summed E-state index contributed by atoms with van der Waals surface area (Å²) in [5, 5.41) is 10.4. The largest absolute Gasteiger partial charge is 0.368 e. The van der Waals surface area contributed by atoms with Gasteiger partial charge in [0, 0.05) is 37.5 Å². The zero-order valence-corrected chi connectivity index (χ0v) is 18.0. The SMILES string of the molecule is Cc1ncn(-c2cc(NCCNC(=O)c3cc(-c4ccc(F)cc4)nn3C)ncn2)c1C. The van der Waals surface area contributed by atoms with Gasteiger partial charge < -0.3 is 10.6 Å². The molecule has 1 amide bonds. The molecule has 10 heteroatoms. The molecule has 0 aliphatic heterocycles. The second-order valence-corrected chi connectivity index (χ2v) is 7.27. The highest BCUT2D eigenvalue weighted by Gasteiger charge is 2.14. The first-order valence-corrected chi connectivity index (χ1v) is 10.1. The van der Waals surface area contributed by atoms with Gasteiger partial charge in [0.2, 0.25) is 0 Å². The first-order chi connectivity index (χ1) is 15.4. The van der Waals surface area contributed by atoms with Crippen molar-refractivity contribution in [2.24, 2.45) is 7.05 Å². The molecule has 9 nitrogen and oxygen atoms in total. The summed E-state index contributed by atoms with van der Waals surface area (Å²) in [5.74, 6) is 0.797. The fourth-order valence-corrected chi connectivity index (χ4v) is 3.20. The number of aryl methyl sites for hydroxylation is 2. The Bertz CT molecular complexity index is 1250. The summed E-state index contributed by atoms with van der Waals surface area (Å²) in [7, 11) is 1.70. The van der Waals surface area contributed by atoms with Gasteiger partial charge in [-0.2, -0.15) is 5.10 Å². The molecule has 0 radical (unpaired) electrons. The molecule has 3 aromatic heterocycles. The van der Waals surface area contributed by atoms with Gasteiger partial charge >= 0.3 is 0 Å². The molecule has 32 heavy (non-hydrogen) atoms. The van der Waals surface area contributed by atoms with E-state index in [0.29, 0.717) is 36.1 Å². The first kappa shape index (κ1) is 21.2. The van der Waals surface area contributed by atoms with Crippen LogP contribution in [0.3, 0.4) is 0 Å². The normalized spacial score (nSPS) is 10.9. The number of hydrogen-bond acceptors (Lipinski definition) is 6. The number of nitrogens with zero attached hydrogens (tertiary/aromatic N) is 6. The predicted molar refractivity (Wildman–Crippen MR) is 118 cm³/mol. The lowest BCUT2D eigenvalue weighted by molar-refractivity contribution is 0.0946. The van der Waals surface area contributed by atoms with Gasteiger partial charge in [-0.3, -0.25) is 14.0 Å². The summed E-state index contributed by atoms with van der Waals surface area (Å²) in [4.78, 5) is 25.4. The van der Waals surface area contributed by atoms with Crippen LogP contribution >= 0.6 is 0 Å². The molecule has 3 heterocycles. The Morgan fingerprint density at radius 1 is 1.06 bits per heavy atom. The van der Waals surface area contributed by atoms with Crippen LogP contribution in [0.15, 0.2) is 49.1 Å². The number of hydrogen-bond donors (Lipinski definition) is 2. The van der Waals surface area contributed by atoms with Crippen molar-refractivity contribution in [1.29, 1.82) is 0 Å². The van der Waals surface area contributed by atoms with Crippen LogP contribution < -0.4 is 10.6 Å². The summed E-state index contributed by atoms with van der Waals surface area (Å²) < 4.78 is 16.5. The number of halogens is 1. The second-order valence-electron chi connectivity index (χ2n) is 7.27. The Morgan fingerprint density at radius 2 is 1.84 bits per heavy atom. The number of aromatic nitrogens is 6. The third-order valence-electron chi connectivity index (χ3n) is 5.12. The van der Waals surface area contributed by atoms with Crippen LogP contribution in [-0.4, -0.2) is 48.3 Å². The maximum absolute atomic E-state index is 13.1. The minimum Gasteiger partial charge on any atom is -0.368 e. The number of imidazole rings is 1. The lowest BCUT2D eigenvalue weighted by atomic mass is 10.1. The zero-order chi connectivity index (χ0) is 22.7. The van der Waals surface area contributed by atoms with Gasteiger partial charge in [-0.05, 0) is 44.2 Å². The number of carbonyl (C=O) groups excluding carboxylic acids is 1. The van der Waals surface area contributed by atoms with Crippen LogP contribution in [0.1, 0.15) is 21.9 Å². The molecule has 0 atom stereocenters. The van der Waals surface area contributed by atoms with E-state index in [2.05, 4.69) is 30.7 Å². The van der Waals surface area contributed by atoms with Gasteiger partial charge in [-0.25, -0.2) is 19.3 Å². The van der Waals surface area contributed by atoms with Crippen molar-refractivity contribution in [2.45, 2.75) is 13.8 Å². The van der Waals surface area contributed by atoms with E-state index in [1.165, 1.54) is 23.1 Å². The highest BCUT2D eigenvalue weighted by molar-refractivity contribution is 5.93. The maximum atomic E-state index is 13.1. The summed E-state index contributed by atoms with van der Waals surface area (Å²) in [6, 6.07) is 9.50. The molecule has 0 unspecified atom stereocenters. The molecule has 0 saturated heterocycles. The fraction of sp³-hybridized carbons (Fsp3) is 0.227. The molecule has 0 bridgehead atoms. The summed E-state index contributed by atoms with van der Waals surface area (Å²) >= 11 is 0. The zero-order valence-electron chi connectivity index (χ0n) is 18.0. The van der Waals surface area contributed by atoms with Gasteiger partial charge in [0.25, 0.3) is 5.91 Å². The van der Waals surface area contributed by atoms with Crippen molar-refractivity contribution in [1.82, 2.24) is 34.6 Å². The number of anilines is 1. The number of nitrogens with one attached hydrogen (secondary N) is 2. The lowest BCUT2D eigenvalue weighted by Crippen LogP contribution is -2.30. The van der Waals surface area contributed by atoms with Crippen molar-refractivity contribution >= 4 is 11.7 Å². The summed E-state index contributed by atoms with van der Waals surface area (Å²) in [5.41, 5.74) is 3.72.